The van der Waals surface area contributed by atoms with Crippen LogP contribution in [0, 0.1) is 13.8 Å². The van der Waals surface area contributed by atoms with Gasteiger partial charge in [-0.25, -0.2) is 4.68 Å². The molecule has 0 aliphatic rings. The summed E-state index contributed by atoms with van der Waals surface area (Å²) in [5.74, 6) is -0.603. The summed E-state index contributed by atoms with van der Waals surface area (Å²) in [5, 5.41) is 9.58. The first-order chi connectivity index (χ1) is 14.6. The van der Waals surface area contributed by atoms with E-state index in [1.807, 2.05) is 0 Å². The molecule has 2 aromatic carbocycles. The van der Waals surface area contributed by atoms with Gasteiger partial charge in [-0.3, -0.25) is 9.59 Å². The summed E-state index contributed by atoms with van der Waals surface area (Å²) in [6, 6.07) is 11.4. The highest BCUT2D eigenvalue weighted by atomic mass is 19.4. The van der Waals surface area contributed by atoms with E-state index in [4.69, 9.17) is 0 Å². The number of halogens is 3. The van der Waals surface area contributed by atoms with Crippen LogP contribution < -0.4 is 10.6 Å². The minimum atomic E-state index is -4.46. The highest BCUT2D eigenvalue weighted by Crippen LogP contribution is 2.31. The van der Waals surface area contributed by atoms with Gasteiger partial charge in [0.15, 0.2) is 0 Å². The predicted octanol–water partition coefficient (Wildman–Crippen LogP) is 4.05. The lowest BCUT2D eigenvalue weighted by Crippen LogP contribution is -2.19. The number of hydrogen-bond acceptors (Lipinski definition) is 3. The quantitative estimate of drug-likeness (QED) is 0.641. The Bertz CT molecular complexity index is 1140. The fourth-order valence-corrected chi connectivity index (χ4v) is 3.24. The molecule has 0 aliphatic heterocycles. The lowest BCUT2D eigenvalue weighted by molar-refractivity contribution is -0.137. The Balaban J connectivity index is 1.82. The zero-order chi connectivity index (χ0) is 22.8. The number of benzene rings is 2. The summed E-state index contributed by atoms with van der Waals surface area (Å²) in [7, 11) is 1.52. The van der Waals surface area contributed by atoms with E-state index in [-0.39, 0.29) is 23.9 Å². The van der Waals surface area contributed by atoms with Crippen LogP contribution in [-0.2, 0) is 17.4 Å². The molecular weight excluding hydrogens is 409 g/mol. The molecule has 31 heavy (non-hydrogen) atoms. The number of carbonyl (C=O) groups excluding carboxylic acids is 2. The van der Waals surface area contributed by atoms with Gasteiger partial charge in [0.25, 0.3) is 5.91 Å². The fraction of sp³-hybridized carbons (Fsp3) is 0.227. The zero-order valence-corrected chi connectivity index (χ0v) is 17.2. The van der Waals surface area contributed by atoms with E-state index in [0.29, 0.717) is 28.2 Å². The third kappa shape index (κ3) is 4.93. The summed E-state index contributed by atoms with van der Waals surface area (Å²) >= 11 is 0. The smallest absolute Gasteiger partial charge is 0.355 e. The van der Waals surface area contributed by atoms with Crippen molar-refractivity contribution in [3.63, 3.8) is 0 Å². The van der Waals surface area contributed by atoms with Crippen LogP contribution in [0.5, 0.6) is 0 Å². The van der Waals surface area contributed by atoms with Crippen molar-refractivity contribution in [2.45, 2.75) is 26.4 Å². The molecule has 0 spiro atoms. The largest absolute Gasteiger partial charge is 0.416 e. The zero-order valence-electron chi connectivity index (χ0n) is 17.2. The minimum Gasteiger partial charge on any atom is -0.355 e. The molecule has 2 N–H and O–H groups in total. The number of amides is 2. The van der Waals surface area contributed by atoms with E-state index in [1.54, 1.807) is 38.1 Å². The second-order valence-corrected chi connectivity index (χ2v) is 6.99. The Morgan fingerprint density at radius 3 is 2.45 bits per heavy atom. The maximum absolute atomic E-state index is 13.0. The monoisotopic (exact) mass is 430 g/mol. The van der Waals surface area contributed by atoms with Crippen LogP contribution in [0.2, 0.25) is 0 Å². The van der Waals surface area contributed by atoms with Crippen molar-refractivity contribution >= 4 is 17.5 Å². The average molecular weight is 430 g/mol. The van der Waals surface area contributed by atoms with Gasteiger partial charge in [0.05, 0.1) is 23.4 Å². The van der Waals surface area contributed by atoms with Gasteiger partial charge in [-0.2, -0.15) is 18.3 Å². The maximum Gasteiger partial charge on any atom is 0.416 e. The number of aromatic nitrogens is 2. The molecule has 0 unspecified atom stereocenters. The maximum atomic E-state index is 13.0. The number of alkyl halides is 3. The van der Waals surface area contributed by atoms with E-state index in [1.165, 1.54) is 23.9 Å². The van der Waals surface area contributed by atoms with Gasteiger partial charge >= 0.3 is 6.18 Å². The van der Waals surface area contributed by atoms with E-state index >= 15 is 0 Å². The molecule has 0 saturated carbocycles. The van der Waals surface area contributed by atoms with Crippen LogP contribution >= 0.6 is 0 Å². The van der Waals surface area contributed by atoms with Gasteiger partial charge in [-0.1, -0.05) is 12.1 Å². The molecule has 0 radical (unpaired) electrons. The molecule has 162 valence electrons. The standard InChI is InChI=1S/C22H21F3N4O2/c1-13-19(12-20(30)27-17-8-4-6-15(10-17)21(31)26-3)14(2)29(28-13)18-9-5-7-16(11-18)22(23,24)25/h4-11H,12H2,1-3H3,(H,26,31)(H,27,30). The summed E-state index contributed by atoms with van der Waals surface area (Å²) in [6.07, 6.45) is -4.47. The van der Waals surface area contributed by atoms with Crippen LogP contribution in [0.3, 0.4) is 0 Å². The molecule has 1 heterocycles. The van der Waals surface area contributed by atoms with E-state index in [9.17, 15) is 22.8 Å². The fourth-order valence-electron chi connectivity index (χ4n) is 3.24. The highest BCUT2D eigenvalue weighted by Gasteiger charge is 2.30. The lowest BCUT2D eigenvalue weighted by Gasteiger charge is -2.10. The Morgan fingerprint density at radius 1 is 1.06 bits per heavy atom. The second kappa shape index (κ2) is 8.63. The van der Waals surface area contributed by atoms with Crippen LogP contribution in [-0.4, -0.2) is 28.6 Å². The number of hydrogen-bond donors (Lipinski definition) is 2. The molecule has 0 saturated heterocycles. The number of carbonyl (C=O) groups is 2. The topological polar surface area (TPSA) is 76.0 Å². The molecule has 9 heteroatoms. The Morgan fingerprint density at radius 2 is 1.77 bits per heavy atom. The van der Waals surface area contributed by atoms with Crippen LogP contribution in [0.4, 0.5) is 18.9 Å². The minimum absolute atomic E-state index is 0.0131. The normalized spacial score (nSPS) is 11.3. The van der Waals surface area contributed by atoms with Gasteiger partial charge in [-0.05, 0) is 50.2 Å². The third-order valence-corrected chi connectivity index (χ3v) is 4.83. The molecule has 0 aliphatic carbocycles. The first kappa shape index (κ1) is 22.1. The summed E-state index contributed by atoms with van der Waals surface area (Å²) in [5.41, 5.74) is 2.11. The lowest BCUT2D eigenvalue weighted by atomic mass is 10.1. The van der Waals surface area contributed by atoms with Crippen molar-refractivity contribution in [3.8, 4) is 5.69 Å². The number of nitrogens with zero attached hydrogens (tertiary/aromatic N) is 2. The molecule has 1 aromatic heterocycles. The molecule has 3 aromatic rings. The highest BCUT2D eigenvalue weighted by molar-refractivity contribution is 5.97. The van der Waals surface area contributed by atoms with Gasteiger partial charge in [0.2, 0.25) is 5.91 Å². The molecule has 0 bridgehead atoms. The molecule has 6 nitrogen and oxygen atoms in total. The summed E-state index contributed by atoms with van der Waals surface area (Å²) < 4.78 is 40.5. The van der Waals surface area contributed by atoms with Crippen LogP contribution in [0.15, 0.2) is 48.5 Å². The molecule has 0 fully saturated rings. The Labute approximate surface area is 177 Å². The molecule has 3 rings (SSSR count). The van der Waals surface area contributed by atoms with Gasteiger partial charge in [0, 0.05) is 29.6 Å². The average Bonchev–Trinajstić information content (AvgIpc) is 3.01. The third-order valence-electron chi connectivity index (χ3n) is 4.83. The van der Waals surface area contributed by atoms with Crippen LogP contribution in [0.1, 0.15) is 32.9 Å². The first-order valence-electron chi connectivity index (χ1n) is 9.45. The molecule has 2 amide bonds. The SMILES string of the molecule is CNC(=O)c1cccc(NC(=O)Cc2c(C)nn(-c3cccc(C(F)(F)F)c3)c2C)c1. The molecular formula is C22H21F3N4O2. The van der Waals surface area contributed by atoms with E-state index in [2.05, 4.69) is 15.7 Å². The van der Waals surface area contributed by atoms with Crippen molar-refractivity contribution in [1.29, 1.82) is 0 Å². The van der Waals surface area contributed by atoms with Crippen molar-refractivity contribution in [2.75, 3.05) is 12.4 Å². The van der Waals surface area contributed by atoms with Crippen molar-refractivity contribution in [2.24, 2.45) is 0 Å². The molecule has 0 atom stereocenters. The summed E-state index contributed by atoms with van der Waals surface area (Å²) in [6.45, 7) is 3.40. The second-order valence-electron chi connectivity index (χ2n) is 6.99. The number of rotatable bonds is 5. The predicted molar refractivity (Wildman–Crippen MR) is 110 cm³/mol. The van der Waals surface area contributed by atoms with Crippen molar-refractivity contribution < 1.29 is 22.8 Å². The number of anilines is 1. The van der Waals surface area contributed by atoms with Gasteiger partial charge in [-0.15, -0.1) is 0 Å². The van der Waals surface area contributed by atoms with Crippen molar-refractivity contribution in [1.82, 2.24) is 15.1 Å². The Hall–Kier alpha value is -3.62. The van der Waals surface area contributed by atoms with Gasteiger partial charge in [0.1, 0.15) is 0 Å². The van der Waals surface area contributed by atoms with Crippen molar-refractivity contribution in [3.05, 3.63) is 76.6 Å². The van der Waals surface area contributed by atoms with Gasteiger partial charge < -0.3 is 10.6 Å². The van der Waals surface area contributed by atoms with E-state index in [0.717, 1.165) is 12.1 Å². The number of aryl methyl sites for hydroxylation is 1. The Kier molecular flexibility index (Phi) is 6.14. The first-order valence-corrected chi connectivity index (χ1v) is 9.45. The van der Waals surface area contributed by atoms with Crippen LogP contribution in [0.25, 0.3) is 5.69 Å². The summed E-state index contributed by atoms with van der Waals surface area (Å²) in [4.78, 5) is 24.3. The van der Waals surface area contributed by atoms with E-state index < -0.39 is 11.7 Å². The number of nitrogens with one attached hydrogen (secondary N) is 2.